The highest BCUT2D eigenvalue weighted by Gasteiger charge is 2.37. The SMILES string of the molecule is CCOC(=O)c1c(N=Cc2ccc(C(C)(C)C=O)s2)sc(C(N)(CC)CC)c1C(=O)OCC. The van der Waals surface area contributed by atoms with Gasteiger partial charge in [0, 0.05) is 20.8 Å². The Hall–Kier alpha value is -2.36. The molecule has 2 rings (SSSR count). The van der Waals surface area contributed by atoms with E-state index in [2.05, 4.69) is 4.99 Å². The van der Waals surface area contributed by atoms with Crippen LogP contribution in [0.5, 0.6) is 0 Å². The molecule has 2 aromatic rings. The molecule has 0 aromatic carbocycles. The van der Waals surface area contributed by atoms with Crippen molar-refractivity contribution in [1.29, 1.82) is 0 Å². The Morgan fingerprint density at radius 1 is 1.00 bits per heavy atom. The van der Waals surface area contributed by atoms with E-state index in [0.29, 0.717) is 22.7 Å². The molecule has 9 heteroatoms. The minimum Gasteiger partial charge on any atom is -0.462 e. The lowest BCUT2D eigenvalue weighted by Crippen LogP contribution is -2.36. The summed E-state index contributed by atoms with van der Waals surface area (Å²) in [6, 6.07) is 3.75. The maximum absolute atomic E-state index is 12.9. The molecule has 0 atom stereocenters. The van der Waals surface area contributed by atoms with Crippen molar-refractivity contribution < 1.29 is 23.9 Å². The van der Waals surface area contributed by atoms with Crippen LogP contribution in [0, 0.1) is 0 Å². The number of carbonyl (C=O) groups excluding carboxylic acids is 3. The lowest BCUT2D eigenvalue weighted by molar-refractivity contribution is -0.111. The van der Waals surface area contributed by atoms with E-state index in [1.807, 2.05) is 39.8 Å². The van der Waals surface area contributed by atoms with Crippen molar-refractivity contribution in [2.75, 3.05) is 13.2 Å². The van der Waals surface area contributed by atoms with E-state index in [9.17, 15) is 14.4 Å². The third-order valence-electron chi connectivity index (χ3n) is 5.43. The van der Waals surface area contributed by atoms with E-state index < -0.39 is 22.9 Å². The van der Waals surface area contributed by atoms with Gasteiger partial charge in [-0.05, 0) is 52.7 Å². The molecule has 0 spiro atoms. The summed E-state index contributed by atoms with van der Waals surface area (Å²) in [7, 11) is 0. The zero-order valence-electron chi connectivity index (χ0n) is 20.0. The number of nitrogens with two attached hydrogens (primary N) is 1. The molecular weight excluding hydrogens is 460 g/mol. The number of rotatable bonds is 11. The van der Waals surface area contributed by atoms with Crippen LogP contribution in [-0.2, 0) is 25.2 Å². The Bertz CT molecular complexity index is 1030. The molecule has 0 saturated carbocycles. The van der Waals surface area contributed by atoms with Gasteiger partial charge in [-0.3, -0.25) is 0 Å². The Morgan fingerprint density at radius 2 is 1.58 bits per heavy atom. The molecule has 180 valence electrons. The van der Waals surface area contributed by atoms with Gasteiger partial charge in [-0.1, -0.05) is 13.8 Å². The largest absolute Gasteiger partial charge is 0.462 e. The number of hydrogen-bond donors (Lipinski definition) is 1. The van der Waals surface area contributed by atoms with E-state index in [0.717, 1.165) is 16.0 Å². The summed E-state index contributed by atoms with van der Waals surface area (Å²) in [6.45, 7) is 11.3. The normalized spacial score (nSPS) is 12.2. The van der Waals surface area contributed by atoms with Gasteiger partial charge in [0.1, 0.15) is 16.9 Å². The number of ether oxygens (including phenoxy) is 2. The Morgan fingerprint density at radius 3 is 2.09 bits per heavy atom. The molecule has 33 heavy (non-hydrogen) atoms. The van der Waals surface area contributed by atoms with Crippen molar-refractivity contribution >= 4 is 52.1 Å². The fourth-order valence-electron chi connectivity index (χ4n) is 3.17. The van der Waals surface area contributed by atoms with Crippen LogP contribution >= 0.6 is 22.7 Å². The standard InChI is InChI=1S/C24H32N2O5S2/c1-7-24(25,8-2)19-17(21(28)30-9-3)18(22(29)31-10-4)20(33-19)26-13-15-11-12-16(32-15)23(5,6)14-27/h11-14H,7-10,25H2,1-6H3. The zero-order chi connectivity index (χ0) is 24.8. The second kappa shape index (κ2) is 11.2. The summed E-state index contributed by atoms with van der Waals surface area (Å²) in [5, 5.41) is 0.341. The van der Waals surface area contributed by atoms with Crippen molar-refractivity contribution in [3.63, 3.8) is 0 Å². The summed E-state index contributed by atoms with van der Waals surface area (Å²) in [5.74, 6) is -1.25. The van der Waals surface area contributed by atoms with Gasteiger partial charge in [0.25, 0.3) is 0 Å². The van der Waals surface area contributed by atoms with Gasteiger partial charge in [-0.25, -0.2) is 14.6 Å². The molecule has 0 bridgehead atoms. The molecule has 0 saturated heterocycles. The van der Waals surface area contributed by atoms with E-state index in [4.69, 9.17) is 15.2 Å². The number of esters is 2. The van der Waals surface area contributed by atoms with Gasteiger partial charge in [-0.15, -0.1) is 22.7 Å². The fraction of sp³-hybridized carbons (Fsp3) is 0.500. The number of aliphatic imine (C=N–C) groups is 1. The second-order valence-electron chi connectivity index (χ2n) is 8.09. The molecule has 0 fully saturated rings. The molecule has 0 aliphatic rings. The van der Waals surface area contributed by atoms with Gasteiger partial charge in [0.05, 0.1) is 29.7 Å². The Balaban J connectivity index is 2.68. The highest BCUT2D eigenvalue weighted by molar-refractivity contribution is 7.17. The third kappa shape index (κ3) is 5.77. The lowest BCUT2D eigenvalue weighted by Gasteiger charge is -2.26. The van der Waals surface area contributed by atoms with Crippen LogP contribution < -0.4 is 5.73 Å². The van der Waals surface area contributed by atoms with E-state index in [1.165, 1.54) is 22.7 Å². The first-order valence-corrected chi connectivity index (χ1v) is 12.6. The quantitative estimate of drug-likeness (QED) is 0.257. The third-order valence-corrected chi connectivity index (χ3v) is 8.11. The average Bonchev–Trinajstić information content (AvgIpc) is 3.43. The van der Waals surface area contributed by atoms with Gasteiger partial charge < -0.3 is 20.0 Å². The highest BCUT2D eigenvalue weighted by atomic mass is 32.1. The van der Waals surface area contributed by atoms with Crippen LogP contribution in [0.15, 0.2) is 17.1 Å². The van der Waals surface area contributed by atoms with Gasteiger partial charge >= 0.3 is 11.9 Å². The monoisotopic (exact) mass is 492 g/mol. The number of thiophene rings is 2. The van der Waals surface area contributed by atoms with Crippen LogP contribution in [0.2, 0.25) is 0 Å². The number of nitrogens with zero attached hydrogens (tertiary/aromatic N) is 1. The second-order valence-corrected chi connectivity index (χ2v) is 10.2. The average molecular weight is 493 g/mol. The minimum absolute atomic E-state index is 0.0771. The number of aldehydes is 1. The summed E-state index contributed by atoms with van der Waals surface area (Å²) in [6.07, 6.45) is 3.67. The van der Waals surface area contributed by atoms with Crippen molar-refractivity contribution in [1.82, 2.24) is 0 Å². The van der Waals surface area contributed by atoms with Crippen LogP contribution in [0.4, 0.5) is 5.00 Å². The van der Waals surface area contributed by atoms with E-state index in [-0.39, 0.29) is 24.3 Å². The molecule has 2 N–H and O–H groups in total. The molecule has 0 aliphatic heterocycles. The van der Waals surface area contributed by atoms with Crippen molar-refractivity contribution in [2.24, 2.45) is 10.7 Å². The summed E-state index contributed by atoms with van der Waals surface area (Å²) in [4.78, 5) is 44.1. The molecule has 0 unspecified atom stereocenters. The number of carbonyl (C=O) groups is 3. The molecular formula is C24H32N2O5S2. The lowest BCUT2D eigenvalue weighted by atomic mass is 9.88. The molecule has 2 heterocycles. The van der Waals surface area contributed by atoms with Crippen molar-refractivity contribution in [2.45, 2.75) is 65.3 Å². The van der Waals surface area contributed by atoms with Crippen LogP contribution in [0.1, 0.15) is 89.7 Å². The summed E-state index contributed by atoms with van der Waals surface area (Å²) >= 11 is 2.65. The first-order valence-electron chi connectivity index (χ1n) is 11.0. The first-order chi connectivity index (χ1) is 15.6. The molecule has 0 amide bonds. The predicted molar refractivity (Wildman–Crippen MR) is 133 cm³/mol. The maximum atomic E-state index is 12.9. The van der Waals surface area contributed by atoms with Crippen molar-refractivity contribution in [3.05, 3.63) is 37.9 Å². The maximum Gasteiger partial charge on any atom is 0.342 e. The smallest absolute Gasteiger partial charge is 0.342 e. The summed E-state index contributed by atoms with van der Waals surface area (Å²) in [5.41, 5.74) is 5.45. The zero-order valence-corrected chi connectivity index (χ0v) is 21.7. The molecule has 0 aliphatic carbocycles. The molecule has 7 nitrogen and oxygen atoms in total. The first kappa shape index (κ1) is 26.9. The van der Waals surface area contributed by atoms with Gasteiger partial charge in [0.2, 0.25) is 0 Å². The fourth-order valence-corrected chi connectivity index (χ4v) is 5.48. The van der Waals surface area contributed by atoms with E-state index in [1.54, 1.807) is 20.1 Å². The van der Waals surface area contributed by atoms with E-state index >= 15 is 0 Å². The van der Waals surface area contributed by atoms with Crippen LogP contribution in [0.3, 0.4) is 0 Å². The van der Waals surface area contributed by atoms with Crippen LogP contribution in [0.25, 0.3) is 0 Å². The molecule has 0 radical (unpaired) electrons. The molecule has 2 aromatic heterocycles. The predicted octanol–water partition coefficient (Wildman–Crippen LogP) is 5.36. The minimum atomic E-state index is -0.814. The van der Waals surface area contributed by atoms with Gasteiger partial charge in [0.15, 0.2) is 0 Å². The number of hydrogen-bond acceptors (Lipinski definition) is 9. The summed E-state index contributed by atoms with van der Waals surface area (Å²) < 4.78 is 10.5. The Kier molecular flexibility index (Phi) is 9.11. The topological polar surface area (TPSA) is 108 Å². The Labute approximate surface area is 203 Å². The van der Waals surface area contributed by atoms with Crippen molar-refractivity contribution in [3.8, 4) is 0 Å². The highest BCUT2D eigenvalue weighted by Crippen LogP contribution is 2.44. The van der Waals surface area contributed by atoms with Crippen LogP contribution in [-0.4, -0.2) is 37.7 Å². The van der Waals surface area contributed by atoms with Gasteiger partial charge in [-0.2, -0.15) is 0 Å².